The van der Waals surface area contributed by atoms with Gasteiger partial charge in [0.15, 0.2) is 5.76 Å². The van der Waals surface area contributed by atoms with Gasteiger partial charge in [0.25, 0.3) is 5.91 Å². The molecule has 5 nitrogen and oxygen atoms in total. The van der Waals surface area contributed by atoms with Crippen LogP contribution in [0.15, 0.2) is 40.8 Å². The zero-order valence-electron chi connectivity index (χ0n) is 13.6. The highest BCUT2D eigenvalue weighted by atomic mass is 16.4. The number of fused-ring (bicyclic) bond motifs is 3. The van der Waals surface area contributed by atoms with E-state index in [-0.39, 0.29) is 24.0 Å². The minimum absolute atomic E-state index is 0.0179. The number of nitrogens with one attached hydrogen (secondary N) is 1. The second kappa shape index (κ2) is 6.35. The topological polar surface area (TPSA) is 79.5 Å². The van der Waals surface area contributed by atoms with Crippen LogP contribution in [0.3, 0.4) is 0 Å². The van der Waals surface area contributed by atoms with Gasteiger partial charge in [0.1, 0.15) is 5.58 Å². The summed E-state index contributed by atoms with van der Waals surface area (Å²) in [5.41, 5.74) is 1.49. The molecular formula is C19H19NO4. The Morgan fingerprint density at radius 1 is 1.17 bits per heavy atom. The van der Waals surface area contributed by atoms with Crippen LogP contribution >= 0.6 is 0 Å². The molecule has 3 rings (SSSR count). The van der Waals surface area contributed by atoms with Crippen molar-refractivity contribution in [3.05, 3.63) is 47.7 Å². The lowest BCUT2D eigenvalue weighted by Crippen LogP contribution is -2.29. The van der Waals surface area contributed by atoms with Crippen LogP contribution in [0.5, 0.6) is 0 Å². The maximum atomic E-state index is 12.4. The third kappa shape index (κ3) is 2.97. The van der Waals surface area contributed by atoms with E-state index in [0.29, 0.717) is 12.1 Å². The predicted octanol–water partition coefficient (Wildman–Crippen LogP) is 3.74. The average molecular weight is 325 g/mol. The molecule has 0 bridgehead atoms. The van der Waals surface area contributed by atoms with E-state index in [2.05, 4.69) is 5.32 Å². The number of carbonyl (C=O) groups excluding carboxylic acids is 1. The van der Waals surface area contributed by atoms with Crippen molar-refractivity contribution in [3.8, 4) is 0 Å². The van der Waals surface area contributed by atoms with Gasteiger partial charge in [0.05, 0.1) is 0 Å². The molecule has 0 aliphatic heterocycles. The Kier molecular flexibility index (Phi) is 4.25. The molecule has 0 radical (unpaired) electrons. The summed E-state index contributed by atoms with van der Waals surface area (Å²) in [6, 6.07) is 11.8. The van der Waals surface area contributed by atoms with Crippen LogP contribution in [-0.2, 0) is 4.79 Å². The van der Waals surface area contributed by atoms with Gasteiger partial charge in [-0.05, 0) is 18.2 Å². The maximum absolute atomic E-state index is 12.4. The minimum Gasteiger partial charge on any atom is -0.481 e. The van der Waals surface area contributed by atoms with Crippen LogP contribution in [0.2, 0.25) is 0 Å². The lowest BCUT2D eigenvalue weighted by Gasteiger charge is -2.09. The monoisotopic (exact) mass is 325 g/mol. The molecule has 124 valence electrons. The summed E-state index contributed by atoms with van der Waals surface area (Å²) in [7, 11) is 0. The number of furan rings is 1. The molecule has 2 aromatic carbocycles. The second-order valence-corrected chi connectivity index (χ2v) is 6.13. The standard InChI is InChI=1S/C19H19NO4/c1-11(9-16(21)22)10-20-19(23)17-12(2)14-8-7-13-5-3-4-6-15(13)18(14)24-17/h3-8,11H,9-10H2,1-2H3,(H,20,23)(H,21,22). The Hall–Kier alpha value is -2.82. The molecule has 5 heteroatoms. The highest BCUT2D eigenvalue weighted by molar-refractivity contribution is 6.08. The van der Waals surface area contributed by atoms with Gasteiger partial charge in [-0.15, -0.1) is 0 Å². The number of aliphatic carboxylic acids is 1. The van der Waals surface area contributed by atoms with E-state index >= 15 is 0 Å². The Bertz CT molecular complexity index is 926. The molecule has 0 spiro atoms. The maximum Gasteiger partial charge on any atom is 0.303 e. The number of hydrogen-bond donors (Lipinski definition) is 2. The molecule has 0 fully saturated rings. The number of carboxylic acids is 1. The van der Waals surface area contributed by atoms with Crippen LogP contribution < -0.4 is 5.32 Å². The van der Waals surface area contributed by atoms with Crippen molar-refractivity contribution in [2.75, 3.05) is 6.54 Å². The van der Waals surface area contributed by atoms with Gasteiger partial charge in [-0.1, -0.05) is 43.3 Å². The third-order valence-electron chi connectivity index (χ3n) is 4.17. The summed E-state index contributed by atoms with van der Waals surface area (Å²) in [6.45, 7) is 3.94. The fourth-order valence-electron chi connectivity index (χ4n) is 2.88. The Morgan fingerprint density at radius 2 is 1.92 bits per heavy atom. The van der Waals surface area contributed by atoms with Crippen molar-refractivity contribution in [3.63, 3.8) is 0 Å². The Morgan fingerprint density at radius 3 is 2.67 bits per heavy atom. The Balaban J connectivity index is 1.89. The van der Waals surface area contributed by atoms with Crippen LogP contribution in [-0.4, -0.2) is 23.5 Å². The third-order valence-corrected chi connectivity index (χ3v) is 4.17. The first-order valence-corrected chi connectivity index (χ1v) is 7.88. The molecule has 1 aromatic heterocycles. The zero-order chi connectivity index (χ0) is 17.3. The number of hydrogen-bond acceptors (Lipinski definition) is 3. The molecule has 3 aromatic rings. The van der Waals surface area contributed by atoms with Crippen molar-refractivity contribution in [2.24, 2.45) is 5.92 Å². The number of carboxylic acid groups (broad SMARTS) is 1. The molecule has 0 saturated heterocycles. The SMILES string of the molecule is Cc1c(C(=O)NCC(C)CC(=O)O)oc2c1ccc1ccccc12. The van der Waals surface area contributed by atoms with E-state index in [1.165, 1.54) is 0 Å². The molecule has 1 heterocycles. The lowest BCUT2D eigenvalue weighted by molar-refractivity contribution is -0.137. The summed E-state index contributed by atoms with van der Waals surface area (Å²) < 4.78 is 5.86. The van der Waals surface area contributed by atoms with Gasteiger partial charge in [0.2, 0.25) is 0 Å². The van der Waals surface area contributed by atoms with Crippen LogP contribution in [0.25, 0.3) is 21.7 Å². The zero-order valence-corrected chi connectivity index (χ0v) is 13.6. The van der Waals surface area contributed by atoms with Gasteiger partial charge in [-0.25, -0.2) is 0 Å². The minimum atomic E-state index is -0.872. The second-order valence-electron chi connectivity index (χ2n) is 6.13. The molecular weight excluding hydrogens is 306 g/mol. The molecule has 0 aliphatic rings. The number of rotatable bonds is 5. The van der Waals surface area contributed by atoms with Gasteiger partial charge in [-0.2, -0.15) is 0 Å². The van der Waals surface area contributed by atoms with Gasteiger partial charge in [0, 0.05) is 29.3 Å². The predicted molar refractivity (Wildman–Crippen MR) is 92.2 cm³/mol. The molecule has 2 N–H and O–H groups in total. The van der Waals surface area contributed by atoms with Crippen LogP contribution in [0.4, 0.5) is 0 Å². The summed E-state index contributed by atoms with van der Waals surface area (Å²) in [5.74, 6) is -1.05. The summed E-state index contributed by atoms with van der Waals surface area (Å²) in [6.07, 6.45) is 0.0179. The number of aryl methyl sites for hydroxylation is 1. The van der Waals surface area contributed by atoms with Crippen molar-refractivity contribution in [1.29, 1.82) is 0 Å². The molecule has 0 saturated carbocycles. The van der Waals surface area contributed by atoms with E-state index < -0.39 is 5.97 Å². The van der Waals surface area contributed by atoms with E-state index in [1.807, 2.05) is 43.3 Å². The van der Waals surface area contributed by atoms with Gasteiger partial charge >= 0.3 is 5.97 Å². The quantitative estimate of drug-likeness (QED) is 0.749. The largest absolute Gasteiger partial charge is 0.481 e. The highest BCUT2D eigenvalue weighted by Crippen LogP contribution is 2.31. The van der Waals surface area contributed by atoms with Crippen molar-refractivity contribution in [1.82, 2.24) is 5.32 Å². The normalized spacial score (nSPS) is 12.4. The molecule has 0 aliphatic carbocycles. The first-order chi connectivity index (χ1) is 11.5. The Labute approximate surface area is 139 Å². The van der Waals surface area contributed by atoms with E-state index in [1.54, 1.807) is 6.92 Å². The van der Waals surface area contributed by atoms with Crippen molar-refractivity contribution >= 4 is 33.6 Å². The molecule has 24 heavy (non-hydrogen) atoms. The van der Waals surface area contributed by atoms with E-state index in [4.69, 9.17) is 9.52 Å². The average Bonchev–Trinajstić information content (AvgIpc) is 2.89. The van der Waals surface area contributed by atoms with Crippen molar-refractivity contribution in [2.45, 2.75) is 20.3 Å². The van der Waals surface area contributed by atoms with Gasteiger partial charge in [-0.3, -0.25) is 9.59 Å². The molecule has 1 amide bonds. The summed E-state index contributed by atoms with van der Waals surface area (Å²) in [4.78, 5) is 23.1. The fourth-order valence-corrected chi connectivity index (χ4v) is 2.88. The summed E-state index contributed by atoms with van der Waals surface area (Å²) >= 11 is 0. The van der Waals surface area contributed by atoms with E-state index in [9.17, 15) is 9.59 Å². The molecule has 1 atom stereocenters. The first kappa shape index (κ1) is 16.1. The van der Waals surface area contributed by atoms with Crippen LogP contribution in [0.1, 0.15) is 29.5 Å². The van der Waals surface area contributed by atoms with Crippen LogP contribution in [0, 0.1) is 12.8 Å². The van der Waals surface area contributed by atoms with Crippen molar-refractivity contribution < 1.29 is 19.1 Å². The number of carbonyl (C=O) groups is 2. The number of amides is 1. The summed E-state index contributed by atoms with van der Waals surface area (Å²) in [5, 5.41) is 14.5. The number of benzene rings is 2. The van der Waals surface area contributed by atoms with E-state index in [0.717, 1.165) is 21.7 Å². The first-order valence-electron chi connectivity index (χ1n) is 7.88. The fraction of sp³-hybridized carbons (Fsp3) is 0.263. The lowest BCUT2D eigenvalue weighted by atomic mass is 10.1. The highest BCUT2D eigenvalue weighted by Gasteiger charge is 2.19. The van der Waals surface area contributed by atoms with Gasteiger partial charge < -0.3 is 14.8 Å². The molecule has 1 unspecified atom stereocenters. The smallest absolute Gasteiger partial charge is 0.303 e.